The zero-order chi connectivity index (χ0) is 25.6. The maximum absolute atomic E-state index is 13.8. The maximum atomic E-state index is 13.8. The van der Waals surface area contributed by atoms with Crippen molar-refractivity contribution < 1.29 is 24.2 Å². The lowest BCUT2D eigenvalue weighted by molar-refractivity contribution is -0.143. The summed E-state index contributed by atoms with van der Waals surface area (Å²) in [6.45, 7) is 1.67. The zero-order valence-electron chi connectivity index (χ0n) is 19.6. The van der Waals surface area contributed by atoms with Crippen LogP contribution in [0, 0.1) is 11.8 Å². The van der Waals surface area contributed by atoms with Crippen molar-refractivity contribution in [2.75, 3.05) is 11.9 Å². The SMILES string of the molecule is C[C@H](CO)N1C(=O)[C@@H]2[C@@H](C(=O)NCc3ccccc3)[C@@H]3OC2(CC3Br)C1C(=O)Nc1ccc(Cl)cc1. The first kappa shape index (κ1) is 25.2. The third-order valence-electron chi connectivity index (χ3n) is 7.44. The Morgan fingerprint density at radius 2 is 1.89 bits per heavy atom. The summed E-state index contributed by atoms with van der Waals surface area (Å²) < 4.78 is 6.43. The average Bonchev–Trinajstić information content (AvgIpc) is 3.47. The number of alkyl halides is 1. The number of aliphatic hydroxyl groups excluding tert-OH is 1. The highest BCUT2D eigenvalue weighted by atomic mass is 79.9. The predicted molar refractivity (Wildman–Crippen MR) is 137 cm³/mol. The largest absolute Gasteiger partial charge is 0.394 e. The molecule has 3 unspecified atom stereocenters. The highest BCUT2D eigenvalue weighted by Gasteiger charge is 2.76. The van der Waals surface area contributed by atoms with E-state index in [4.69, 9.17) is 16.3 Å². The summed E-state index contributed by atoms with van der Waals surface area (Å²) in [5.41, 5.74) is 0.270. The average molecular weight is 577 g/mol. The molecule has 36 heavy (non-hydrogen) atoms. The van der Waals surface area contributed by atoms with Gasteiger partial charge in [0.25, 0.3) is 0 Å². The minimum Gasteiger partial charge on any atom is -0.394 e. The van der Waals surface area contributed by atoms with Gasteiger partial charge >= 0.3 is 0 Å². The third kappa shape index (κ3) is 4.12. The summed E-state index contributed by atoms with van der Waals surface area (Å²) in [4.78, 5) is 42.1. The number of benzene rings is 2. The van der Waals surface area contributed by atoms with Gasteiger partial charge in [0.1, 0.15) is 11.6 Å². The van der Waals surface area contributed by atoms with Crippen molar-refractivity contribution >= 4 is 50.9 Å². The first-order chi connectivity index (χ1) is 17.3. The first-order valence-corrected chi connectivity index (χ1v) is 13.2. The van der Waals surface area contributed by atoms with Gasteiger partial charge in [-0.1, -0.05) is 57.9 Å². The van der Waals surface area contributed by atoms with E-state index < -0.39 is 41.5 Å². The molecule has 2 aromatic rings. The molecular formula is C26H27BrClN3O5. The van der Waals surface area contributed by atoms with Crippen molar-refractivity contribution in [2.45, 2.75) is 48.5 Å². The van der Waals surface area contributed by atoms with Crippen molar-refractivity contribution in [2.24, 2.45) is 11.8 Å². The van der Waals surface area contributed by atoms with E-state index in [1.165, 1.54) is 4.90 Å². The topological polar surface area (TPSA) is 108 Å². The third-order valence-corrected chi connectivity index (χ3v) is 8.54. The second kappa shape index (κ2) is 9.78. The summed E-state index contributed by atoms with van der Waals surface area (Å²) in [5, 5.41) is 16.3. The van der Waals surface area contributed by atoms with E-state index in [9.17, 15) is 19.5 Å². The van der Waals surface area contributed by atoms with Crippen LogP contribution in [0.1, 0.15) is 18.9 Å². The molecular weight excluding hydrogens is 550 g/mol. The molecule has 8 nitrogen and oxygen atoms in total. The van der Waals surface area contributed by atoms with Gasteiger partial charge in [-0.05, 0) is 43.2 Å². The van der Waals surface area contributed by atoms with E-state index >= 15 is 0 Å². The molecule has 3 amide bonds. The lowest BCUT2D eigenvalue weighted by atomic mass is 9.70. The number of hydrogen-bond acceptors (Lipinski definition) is 5. The summed E-state index contributed by atoms with van der Waals surface area (Å²) in [6.07, 6.45) is -0.156. The predicted octanol–water partition coefficient (Wildman–Crippen LogP) is 2.72. The molecule has 7 atom stereocenters. The molecule has 0 saturated carbocycles. The van der Waals surface area contributed by atoms with Gasteiger partial charge in [-0.25, -0.2) is 0 Å². The molecule has 10 heteroatoms. The van der Waals surface area contributed by atoms with E-state index in [1.807, 2.05) is 30.3 Å². The normalized spacial score (nSPS) is 31.3. The molecule has 2 bridgehead atoms. The number of aliphatic hydroxyl groups is 1. The number of carbonyl (C=O) groups excluding carboxylic acids is 3. The van der Waals surface area contributed by atoms with Crippen LogP contribution in [0.15, 0.2) is 54.6 Å². The van der Waals surface area contributed by atoms with Crippen molar-refractivity contribution in [3.8, 4) is 0 Å². The minimum absolute atomic E-state index is 0.204. The lowest BCUT2D eigenvalue weighted by Crippen LogP contribution is -2.56. The van der Waals surface area contributed by atoms with Gasteiger partial charge in [-0.2, -0.15) is 0 Å². The Bertz CT molecular complexity index is 1170. The highest BCUT2D eigenvalue weighted by Crippen LogP contribution is 2.60. The molecule has 3 heterocycles. The number of fused-ring (bicyclic) bond motifs is 1. The maximum Gasteiger partial charge on any atom is 0.250 e. The van der Waals surface area contributed by atoms with Crippen LogP contribution in [0.4, 0.5) is 5.69 Å². The summed E-state index contributed by atoms with van der Waals surface area (Å²) >= 11 is 9.62. The van der Waals surface area contributed by atoms with Gasteiger partial charge in [-0.3, -0.25) is 14.4 Å². The van der Waals surface area contributed by atoms with Crippen LogP contribution in [-0.4, -0.2) is 63.0 Å². The number of nitrogens with one attached hydrogen (secondary N) is 2. The Morgan fingerprint density at radius 3 is 2.56 bits per heavy atom. The number of rotatable bonds is 7. The summed E-state index contributed by atoms with van der Waals surface area (Å²) in [7, 11) is 0. The number of amides is 3. The zero-order valence-corrected chi connectivity index (χ0v) is 21.9. The van der Waals surface area contributed by atoms with Gasteiger partial charge in [0.05, 0.1) is 30.6 Å². The van der Waals surface area contributed by atoms with Crippen LogP contribution in [0.3, 0.4) is 0 Å². The van der Waals surface area contributed by atoms with E-state index in [1.54, 1.807) is 31.2 Å². The fraction of sp³-hybridized carbons (Fsp3) is 0.423. The standard InChI is InChI=1S/C26H27BrClN3O5/c1-14(13-32)31-22(24(34)30-17-9-7-16(28)8-10-17)26-11-18(27)21(36-26)19(20(26)25(31)35)23(33)29-12-15-5-3-2-4-6-15/h2-10,14,18-22,32H,11-13H2,1H3,(H,29,33)(H,30,34)/t14-,18?,19-,20+,21-,22?,26?/m1/s1. The van der Waals surface area contributed by atoms with Crippen LogP contribution >= 0.6 is 27.5 Å². The molecule has 0 radical (unpaired) electrons. The van der Waals surface area contributed by atoms with Crippen LogP contribution in [0.5, 0.6) is 0 Å². The van der Waals surface area contributed by atoms with E-state index in [0.717, 1.165) is 5.56 Å². The highest BCUT2D eigenvalue weighted by molar-refractivity contribution is 9.09. The Morgan fingerprint density at radius 1 is 1.19 bits per heavy atom. The van der Waals surface area contributed by atoms with E-state index in [-0.39, 0.29) is 23.2 Å². The van der Waals surface area contributed by atoms with Crippen LogP contribution < -0.4 is 10.6 Å². The monoisotopic (exact) mass is 575 g/mol. The molecule has 0 aromatic heterocycles. The Balaban J connectivity index is 1.46. The molecule has 3 aliphatic heterocycles. The molecule has 3 saturated heterocycles. The molecule has 3 aliphatic rings. The summed E-state index contributed by atoms with van der Waals surface area (Å²) in [5.74, 6) is -2.67. The Labute approximate surface area is 222 Å². The smallest absolute Gasteiger partial charge is 0.250 e. The van der Waals surface area contributed by atoms with Gasteiger partial charge in [-0.15, -0.1) is 0 Å². The second-order valence-electron chi connectivity index (χ2n) is 9.64. The quantitative estimate of drug-likeness (QED) is 0.440. The van der Waals surface area contributed by atoms with Crippen molar-refractivity contribution in [3.05, 3.63) is 65.2 Å². The number of hydrogen-bond donors (Lipinski definition) is 3. The van der Waals surface area contributed by atoms with Crippen LogP contribution in [-0.2, 0) is 25.7 Å². The van der Waals surface area contributed by atoms with E-state index in [0.29, 0.717) is 23.7 Å². The van der Waals surface area contributed by atoms with E-state index in [2.05, 4.69) is 26.6 Å². The molecule has 190 valence electrons. The molecule has 0 aliphatic carbocycles. The van der Waals surface area contributed by atoms with Crippen molar-refractivity contribution in [3.63, 3.8) is 0 Å². The molecule has 1 spiro atoms. The number of nitrogens with zero attached hydrogens (tertiary/aromatic N) is 1. The van der Waals surface area contributed by atoms with Gasteiger partial charge < -0.3 is 25.4 Å². The number of halogens is 2. The van der Waals surface area contributed by atoms with Gasteiger partial charge in [0, 0.05) is 22.1 Å². The molecule has 2 aromatic carbocycles. The number of carbonyl (C=O) groups is 3. The molecule has 3 N–H and O–H groups in total. The molecule has 3 fully saturated rings. The van der Waals surface area contributed by atoms with Crippen molar-refractivity contribution in [1.29, 1.82) is 0 Å². The first-order valence-electron chi connectivity index (χ1n) is 11.9. The molecule has 5 rings (SSSR count). The van der Waals surface area contributed by atoms with Gasteiger partial charge in [0.15, 0.2) is 0 Å². The fourth-order valence-corrected chi connectivity index (χ4v) is 6.94. The number of likely N-dealkylation sites (tertiary alicyclic amines) is 1. The Hall–Kier alpha value is -2.46. The van der Waals surface area contributed by atoms with Gasteiger partial charge in [0.2, 0.25) is 17.7 Å². The summed E-state index contributed by atoms with van der Waals surface area (Å²) in [6, 6.07) is 14.5. The number of anilines is 1. The fourth-order valence-electron chi connectivity index (χ4n) is 5.88. The second-order valence-corrected chi connectivity index (χ2v) is 11.3. The van der Waals surface area contributed by atoms with Crippen LogP contribution in [0.2, 0.25) is 5.02 Å². The number of ether oxygens (including phenoxy) is 1. The lowest BCUT2D eigenvalue weighted by Gasteiger charge is -2.35. The van der Waals surface area contributed by atoms with Crippen LogP contribution in [0.25, 0.3) is 0 Å². The van der Waals surface area contributed by atoms with Crippen molar-refractivity contribution in [1.82, 2.24) is 10.2 Å². The Kier molecular flexibility index (Phi) is 6.84. The minimum atomic E-state index is -1.19.